The van der Waals surface area contributed by atoms with Crippen molar-refractivity contribution in [1.29, 1.82) is 0 Å². The lowest BCUT2D eigenvalue weighted by Crippen LogP contribution is -2.44. The van der Waals surface area contributed by atoms with E-state index in [0.717, 1.165) is 38.8 Å². The lowest BCUT2D eigenvalue weighted by Gasteiger charge is -2.22. The van der Waals surface area contributed by atoms with E-state index in [1.165, 1.54) is 37.8 Å². The summed E-state index contributed by atoms with van der Waals surface area (Å²) in [7, 11) is -3.75. The summed E-state index contributed by atoms with van der Waals surface area (Å²) < 4.78 is 13.5. The number of rotatable bonds is 2. The van der Waals surface area contributed by atoms with Crippen molar-refractivity contribution in [3.63, 3.8) is 0 Å². The van der Waals surface area contributed by atoms with Crippen LogP contribution in [0.5, 0.6) is 0 Å². The zero-order valence-corrected chi connectivity index (χ0v) is 27.3. The second kappa shape index (κ2) is 8.74. The van der Waals surface area contributed by atoms with Crippen LogP contribution in [-0.2, 0) is 9.53 Å². The van der Waals surface area contributed by atoms with E-state index in [4.69, 9.17) is 13.5 Å². The van der Waals surface area contributed by atoms with Crippen LogP contribution in [0.3, 0.4) is 0 Å². The van der Waals surface area contributed by atoms with Crippen molar-refractivity contribution in [2.24, 2.45) is 0 Å². The molecule has 7 rings (SSSR count). The maximum Gasteiger partial charge on any atom is 0.206 e. The molecule has 0 N–H and O–H groups in total. The van der Waals surface area contributed by atoms with E-state index in [1.807, 2.05) is 6.20 Å². The Hall–Kier alpha value is -3.52. The Labute approximate surface area is 244 Å². The first-order valence-corrected chi connectivity index (χ1v) is 20.4. The van der Waals surface area contributed by atoms with Gasteiger partial charge < -0.3 is 8.53 Å². The lowest BCUT2D eigenvalue weighted by atomic mass is 9.82. The van der Waals surface area contributed by atoms with Gasteiger partial charge in [0.15, 0.2) is 5.58 Å². The monoisotopic (exact) mass is 571 g/mol. The second-order valence-corrected chi connectivity index (χ2v) is 21.6. The molecular weight excluding hydrogens is 535 g/mol. The van der Waals surface area contributed by atoms with Crippen molar-refractivity contribution in [3.8, 4) is 22.4 Å². The van der Waals surface area contributed by atoms with E-state index >= 15 is 0 Å². The molecule has 0 radical (unpaired) electrons. The summed E-state index contributed by atoms with van der Waals surface area (Å²) >= 11 is 0. The summed E-state index contributed by atoms with van der Waals surface area (Å²) in [5.41, 5.74) is 8.70. The van der Waals surface area contributed by atoms with Gasteiger partial charge in [-0.05, 0) is 101 Å². The molecule has 206 valence electrons. The van der Waals surface area contributed by atoms with Gasteiger partial charge in [0, 0.05) is 28.1 Å². The van der Waals surface area contributed by atoms with Crippen LogP contribution < -0.4 is 10.4 Å². The molecular formula is C36H37NO2Si2. The van der Waals surface area contributed by atoms with Gasteiger partial charge in [-0.3, -0.25) is 4.98 Å². The number of aryl methyl sites for hydroxylation is 1. The summed E-state index contributed by atoms with van der Waals surface area (Å²) in [4.78, 5) is 4.88. The number of fused-ring (bicyclic) bond motifs is 5. The first-order valence-electron chi connectivity index (χ1n) is 14.6. The molecule has 0 spiro atoms. The average Bonchev–Trinajstić information content (AvgIpc) is 3.39. The maximum absolute atomic E-state index is 6.76. The lowest BCUT2D eigenvalue weighted by molar-refractivity contribution is 0.583. The van der Waals surface area contributed by atoms with Gasteiger partial charge in [-0.1, -0.05) is 69.3 Å². The van der Waals surface area contributed by atoms with Gasteiger partial charge in [-0.15, -0.1) is 0 Å². The van der Waals surface area contributed by atoms with Crippen molar-refractivity contribution in [2.75, 3.05) is 0 Å². The van der Waals surface area contributed by atoms with Crippen LogP contribution in [-0.4, -0.2) is 21.6 Å². The zero-order chi connectivity index (χ0) is 28.9. The Morgan fingerprint density at radius 3 is 2.20 bits per heavy atom. The summed E-state index contributed by atoms with van der Waals surface area (Å²) in [6.45, 7) is 18.3. The third-order valence-electron chi connectivity index (χ3n) is 8.89. The fraction of sp³-hybridized carbons (Fsp3) is 0.250. The van der Waals surface area contributed by atoms with Crippen molar-refractivity contribution in [2.45, 2.75) is 59.3 Å². The van der Waals surface area contributed by atoms with Gasteiger partial charge in [0.05, 0.1) is 0 Å². The highest BCUT2D eigenvalue weighted by Gasteiger charge is 2.46. The predicted octanol–water partition coefficient (Wildman–Crippen LogP) is 8.93. The second-order valence-electron chi connectivity index (χ2n) is 13.6. The fourth-order valence-electron chi connectivity index (χ4n) is 6.97. The topological polar surface area (TPSA) is 35.3 Å². The van der Waals surface area contributed by atoms with Crippen LogP contribution in [0.25, 0.3) is 55.1 Å². The molecule has 0 saturated heterocycles. The highest BCUT2D eigenvalue weighted by atomic mass is 28.4. The largest absolute Gasteiger partial charge is 0.453 e. The summed E-state index contributed by atoms with van der Waals surface area (Å²) in [6, 6.07) is 26.8. The molecule has 2 aromatic heterocycles. The van der Waals surface area contributed by atoms with Crippen LogP contribution in [0.1, 0.15) is 31.9 Å². The number of aromatic nitrogens is 1. The van der Waals surface area contributed by atoms with Gasteiger partial charge in [-0.2, -0.15) is 0 Å². The minimum absolute atomic E-state index is 0.00109. The third kappa shape index (κ3) is 4.05. The zero-order valence-electron chi connectivity index (χ0n) is 25.3. The number of furan rings is 1. The number of hydrogen-bond donors (Lipinski definition) is 0. The van der Waals surface area contributed by atoms with E-state index in [0.29, 0.717) is 0 Å². The first-order chi connectivity index (χ1) is 19.3. The highest BCUT2D eigenvalue weighted by Crippen LogP contribution is 2.41. The Kier molecular flexibility index (Phi) is 5.63. The molecule has 5 heteroatoms. The summed E-state index contributed by atoms with van der Waals surface area (Å²) in [5, 5.41) is 7.66. The molecule has 1 aliphatic heterocycles. The molecule has 41 heavy (non-hydrogen) atoms. The third-order valence-corrected chi connectivity index (χ3v) is 16.7. The van der Waals surface area contributed by atoms with E-state index in [2.05, 4.69) is 127 Å². The van der Waals surface area contributed by atoms with E-state index in [1.54, 1.807) is 0 Å². The Bertz CT molecular complexity index is 2030. The average molecular weight is 572 g/mol. The van der Waals surface area contributed by atoms with Gasteiger partial charge >= 0.3 is 0 Å². The Balaban J connectivity index is 1.42. The number of hydrogen-bond acceptors (Lipinski definition) is 3. The molecule has 4 aromatic carbocycles. The van der Waals surface area contributed by atoms with Crippen LogP contribution >= 0.6 is 0 Å². The van der Waals surface area contributed by atoms with Crippen molar-refractivity contribution >= 4 is 59.7 Å². The van der Waals surface area contributed by atoms with Crippen molar-refractivity contribution in [3.05, 3.63) is 90.1 Å². The normalized spacial score (nSPS) is 16.1. The number of pyridine rings is 1. The minimum atomic E-state index is -1.91. The molecule has 3 heterocycles. The predicted molar refractivity (Wildman–Crippen MR) is 179 cm³/mol. The molecule has 6 aromatic rings. The van der Waals surface area contributed by atoms with Gasteiger partial charge in [-0.25, -0.2) is 0 Å². The van der Waals surface area contributed by atoms with E-state index in [9.17, 15) is 0 Å². The van der Waals surface area contributed by atoms with E-state index < -0.39 is 16.6 Å². The molecule has 0 atom stereocenters. The number of benzene rings is 4. The SMILES string of the molecule is Cc1c(-c2ccc3c(c2)[Si](C)(C)O[Si]3(C)C)ccc2c1oc1c(-c3cc(C(C)(C)C)c4ccccc4c3)nccc12. The summed E-state index contributed by atoms with van der Waals surface area (Å²) in [5.74, 6) is 0. The molecule has 0 aliphatic carbocycles. The molecule has 0 bridgehead atoms. The minimum Gasteiger partial charge on any atom is -0.453 e. The highest BCUT2D eigenvalue weighted by molar-refractivity contribution is 7.05. The molecule has 0 saturated carbocycles. The van der Waals surface area contributed by atoms with Gasteiger partial charge in [0.2, 0.25) is 16.6 Å². The van der Waals surface area contributed by atoms with Crippen molar-refractivity contribution in [1.82, 2.24) is 4.98 Å². The van der Waals surface area contributed by atoms with Crippen LogP contribution in [0.2, 0.25) is 26.2 Å². The molecule has 0 amide bonds. The fourth-order valence-corrected chi connectivity index (χ4v) is 17.2. The Morgan fingerprint density at radius 1 is 0.683 bits per heavy atom. The standard InChI is InChI=1S/C36H37NO2Si2/c1-22-26(24-13-16-31-32(21-24)41(7,8)39-40(31,5)6)14-15-28-29-17-18-37-33(35(29)38-34(22)28)25-19-23-11-9-10-12-27(23)30(20-25)36(2,3)4/h9-21H,1-8H3. The number of nitrogens with zero attached hydrogens (tertiary/aromatic N) is 1. The van der Waals surface area contributed by atoms with Crippen LogP contribution in [0.4, 0.5) is 0 Å². The van der Waals surface area contributed by atoms with E-state index in [-0.39, 0.29) is 5.41 Å². The molecule has 0 fully saturated rings. The summed E-state index contributed by atoms with van der Waals surface area (Å²) in [6.07, 6.45) is 1.92. The van der Waals surface area contributed by atoms with Crippen molar-refractivity contribution < 1.29 is 8.53 Å². The molecule has 0 unspecified atom stereocenters. The van der Waals surface area contributed by atoms with Gasteiger partial charge in [0.1, 0.15) is 11.3 Å². The maximum atomic E-state index is 6.76. The van der Waals surface area contributed by atoms with Crippen LogP contribution in [0, 0.1) is 6.92 Å². The molecule has 3 nitrogen and oxygen atoms in total. The molecule has 1 aliphatic rings. The quantitative estimate of drug-likeness (QED) is 0.195. The van der Waals surface area contributed by atoms with Crippen LogP contribution in [0.15, 0.2) is 83.4 Å². The first kappa shape index (κ1) is 26.4. The Morgan fingerprint density at radius 2 is 1.41 bits per heavy atom. The van der Waals surface area contributed by atoms with Gasteiger partial charge in [0.25, 0.3) is 0 Å². The smallest absolute Gasteiger partial charge is 0.206 e.